The lowest BCUT2D eigenvalue weighted by molar-refractivity contribution is 1.08. The van der Waals surface area contributed by atoms with Crippen LogP contribution in [0.15, 0.2) is 158 Å². The van der Waals surface area contributed by atoms with E-state index in [1.54, 1.807) is 22.7 Å². The van der Waals surface area contributed by atoms with Crippen molar-refractivity contribution < 1.29 is 6.85 Å². The number of hydrogen-bond acceptors (Lipinski definition) is 5. The van der Waals surface area contributed by atoms with E-state index in [0.717, 1.165) is 68.2 Å². The summed E-state index contributed by atoms with van der Waals surface area (Å²) in [7, 11) is 0. The number of benzene rings is 7. The van der Waals surface area contributed by atoms with Gasteiger partial charge in [-0.25, -0.2) is 15.0 Å². The predicted octanol–water partition coefficient (Wildman–Crippen LogP) is 12.7. The van der Waals surface area contributed by atoms with Crippen LogP contribution in [0.5, 0.6) is 0 Å². The number of rotatable bonds is 4. The number of hydrogen-bond donors (Lipinski definition) is 0. The molecule has 4 nitrogen and oxygen atoms in total. The van der Waals surface area contributed by atoms with Crippen LogP contribution in [0.25, 0.3) is 102 Å². The quantitative estimate of drug-likeness (QED) is 0.184. The second-order valence-corrected chi connectivity index (χ2v) is 14.6. The normalized spacial score (nSPS) is 13.3. The third-order valence-corrected chi connectivity index (χ3v) is 11.8. The Bertz CT molecular complexity index is 3380. The summed E-state index contributed by atoms with van der Waals surface area (Å²) in [5, 5.41) is 6.74. The highest BCUT2D eigenvalue weighted by atomic mass is 32.1. The second kappa shape index (κ2) is 11.2. The van der Waals surface area contributed by atoms with E-state index in [1.807, 2.05) is 30.3 Å². The van der Waals surface area contributed by atoms with E-state index in [9.17, 15) is 0 Å². The van der Waals surface area contributed by atoms with Crippen LogP contribution in [0.3, 0.4) is 0 Å². The first-order chi connectivity index (χ1) is 27.3. The summed E-state index contributed by atoms with van der Waals surface area (Å²) in [5.74, 6) is 0.725. The largest absolute Gasteiger partial charge is 0.309 e. The number of thiophene rings is 2. The fourth-order valence-electron chi connectivity index (χ4n) is 7.30. The van der Waals surface area contributed by atoms with Crippen molar-refractivity contribution in [2.75, 3.05) is 0 Å². The molecule has 0 spiro atoms. The summed E-state index contributed by atoms with van der Waals surface area (Å²) in [6.07, 6.45) is 0. The van der Waals surface area contributed by atoms with E-state index < -0.39 is 18.1 Å². The topological polar surface area (TPSA) is 43.6 Å². The zero-order chi connectivity index (χ0) is 37.8. The van der Waals surface area contributed by atoms with Gasteiger partial charge >= 0.3 is 0 Å². The summed E-state index contributed by atoms with van der Waals surface area (Å²) < 4.78 is 49.3. The Kier molecular flexibility index (Phi) is 5.25. The molecule has 0 aliphatic carbocycles. The van der Waals surface area contributed by atoms with Crippen LogP contribution in [0, 0.1) is 0 Å². The van der Waals surface area contributed by atoms with Gasteiger partial charge in [0.1, 0.15) is 0 Å². The molecular formula is C45H26N4S2. The lowest BCUT2D eigenvalue weighted by Crippen LogP contribution is -2.00. The van der Waals surface area contributed by atoms with Gasteiger partial charge in [-0.1, -0.05) is 109 Å². The highest BCUT2D eigenvalue weighted by Gasteiger charge is 2.18. The van der Waals surface area contributed by atoms with Crippen molar-refractivity contribution in [3.8, 4) is 39.9 Å². The van der Waals surface area contributed by atoms with Gasteiger partial charge in [-0.15, -0.1) is 22.7 Å². The molecular weight excluding hydrogens is 661 g/mol. The van der Waals surface area contributed by atoms with Crippen molar-refractivity contribution >= 4 is 84.8 Å². The predicted molar refractivity (Wildman–Crippen MR) is 216 cm³/mol. The van der Waals surface area contributed by atoms with E-state index in [1.165, 1.54) is 10.8 Å². The summed E-state index contributed by atoms with van der Waals surface area (Å²) in [4.78, 5) is 14.8. The van der Waals surface area contributed by atoms with Crippen LogP contribution in [0.1, 0.15) is 6.85 Å². The molecule has 238 valence electrons. The Labute approximate surface area is 307 Å². The third-order valence-electron chi connectivity index (χ3n) is 9.55. The number of aromatic nitrogens is 4. The molecule has 0 bridgehead atoms. The van der Waals surface area contributed by atoms with Crippen molar-refractivity contribution in [2.24, 2.45) is 0 Å². The average molecular weight is 692 g/mol. The van der Waals surface area contributed by atoms with Crippen LogP contribution in [-0.2, 0) is 0 Å². The average Bonchev–Trinajstić information content (AvgIpc) is 3.91. The fourth-order valence-corrected chi connectivity index (χ4v) is 9.56. The van der Waals surface area contributed by atoms with E-state index >= 15 is 0 Å². The molecule has 0 aliphatic rings. The number of para-hydroxylation sites is 2. The molecule has 0 radical (unpaired) electrons. The molecule has 11 rings (SSSR count). The Morgan fingerprint density at radius 2 is 1.10 bits per heavy atom. The SMILES string of the molecule is [2H]c1c([2H])c([2H])c(-c2nc(-c3ccc4c(c3)sc3ccc(-n5c6ccccc6c6ccccc65)cc34)nc(-c3cccc4sc5ccccc5c34)n2)c([2H])c1[2H]. The van der Waals surface area contributed by atoms with E-state index in [0.29, 0.717) is 11.6 Å². The highest BCUT2D eigenvalue weighted by molar-refractivity contribution is 7.26. The molecule has 4 heterocycles. The smallest absolute Gasteiger partial charge is 0.164 e. The molecule has 4 aromatic heterocycles. The molecule has 51 heavy (non-hydrogen) atoms. The minimum atomic E-state index is -0.468. The summed E-state index contributed by atoms with van der Waals surface area (Å²) in [6.45, 7) is 0. The monoisotopic (exact) mass is 691 g/mol. The summed E-state index contributed by atoms with van der Waals surface area (Å²) in [5.41, 5.74) is 4.83. The maximum atomic E-state index is 8.79. The van der Waals surface area contributed by atoms with Crippen LogP contribution in [0.4, 0.5) is 0 Å². The lowest BCUT2D eigenvalue weighted by atomic mass is 10.1. The Hall–Kier alpha value is -6.21. The molecule has 0 fully saturated rings. The van der Waals surface area contributed by atoms with Gasteiger partial charge < -0.3 is 4.57 Å². The van der Waals surface area contributed by atoms with Gasteiger partial charge in [0.15, 0.2) is 17.5 Å². The van der Waals surface area contributed by atoms with Crippen molar-refractivity contribution in [3.63, 3.8) is 0 Å². The zero-order valence-electron chi connectivity index (χ0n) is 31.7. The van der Waals surface area contributed by atoms with Crippen LogP contribution < -0.4 is 0 Å². The molecule has 0 unspecified atom stereocenters. The number of fused-ring (bicyclic) bond motifs is 9. The van der Waals surface area contributed by atoms with Gasteiger partial charge in [0.25, 0.3) is 0 Å². The molecule has 7 aromatic carbocycles. The molecule has 0 aliphatic heterocycles. The minimum Gasteiger partial charge on any atom is -0.309 e. The fraction of sp³-hybridized carbons (Fsp3) is 0. The zero-order valence-corrected chi connectivity index (χ0v) is 28.4. The van der Waals surface area contributed by atoms with E-state index in [-0.39, 0.29) is 23.5 Å². The standard InChI is InChI=1S/C45H26N4S2/c1-2-11-27(12-3-1)43-46-44(48-45(47-43)34-16-10-20-40-42(34)33-15-6-9-19-38(33)50-40)28-21-23-32-35-26-29(22-24-39(35)51-41(32)25-28)49-36-17-7-4-13-30(36)31-14-5-8-18-37(31)49/h1-26H/i1D,2D,3D,11D,12D. The van der Waals surface area contributed by atoms with Gasteiger partial charge in [0.05, 0.1) is 17.9 Å². The third kappa shape index (κ3) is 4.47. The molecule has 0 saturated heterocycles. The van der Waals surface area contributed by atoms with Crippen LogP contribution in [0.2, 0.25) is 0 Å². The van der Waals surface area contributed by atoms with Crippen LogP contribution in [-0.4, -0.2) is 19.5 Å². The van der Waals surface area contributed by atoms with Crippen molar-refractivity contribution in [2.45, 2.75) is 0 Å². The van der Waals surface area contributed by atoms with E-state index in [4.69, 9.17) is 21.8 Å². The van der Waals surface area contributed by atoms with Crippen molar-refractivity contribution in [1.29, 1.82) is 0 Å². The van der Waals surface area contributed by atoms with Gasteiger partial charge in [-0.2, -0.15) is 0 Å². The molecule has 0 saturated carbocycles. The van der Waals surface area contributed by atoms with E-state index in [2.05, 4.69) is 102 Å². The maximum absolute atomic E-state index is 8.79. The first-order valence-corrected chi connectivity index (χ1v) is 18.2. The van der Waals surface area contributed by atoms with Gasteiger partial charge in [0, 0.05) is 73.5 Å². The second-order valence-electron chi connectivity index (χ2n) is 12.4. The molecule has 6 heteroatoms. The van der Waals surface area contributed by atoms with Crippen molar-refractivity contribution in [3.05, 3.63) is 158 Å². The highest BCUT2D eigenvalue weighted by Crippen LogP contribution is 2.41. The molecule has 0 amide bonds. The number of nitrogens with zero attached hydrogens (tertiary/aromatic N) is 4. The summed E-state index contributed by atoms with van der Waals surface area (Å²) >= 11 is 3.37. The van der Waals surface area contributed by atoms with Gasteiger partial charge in [-0.3, -0.25) is 0 Å². The molecule has 0 atom stereocenters. The van der Waals surface area contributed by atoms with Crippen molar-refractivity contribution in [1.82, 2.24) is 19.5 Å². The Morgan fingerprint density at radius 3 is 1.90 bits per heavy atom. The Balaban J connectivity index is 1.12. The molecule has 11 aromatic rings. The summed E-state index contributed by atoms with van der Waals surface area (Å²) in [6, 6.07) is 41.9. The minimum absolute atomic E-state index is 0.0193. The van der Waals surface area contributed by atoms with Gasteiger partial charge in [-0.05, 0) is 48.5 Å². The lowest BCUT2D eigenvalue weighted by Gasteiger charge is -2.10. The Morgan fingerprint density at radius 1 is 0.451 bits per heavy atom. The first kappa shape index (κ1) is 24.0. The van der Waals surface area contributed by atoms with Gasteiger partial charge in [0.2, 0.25) is 0 Å². The van der Waals surface area contributed by atoms with Crippen LogP contribution >= 0.6 is 22.7 Å². The first-order valence-electron chi connectivity index (χ1n) is 19.0. The maximum Gasteiger partial charge on any atom is 0.164 e. The molecule has 0 N–H and O–H groups in total.